The molecule has 0 N–H and O–H groups in total. The van der Waals surface area contributed by atoms with E-state index >= 15 is 0 Å². The minimum absolute atomic E-state index is 0.182. The molecule has 0 aliphatic carbocycles. The lowest BCUT2D eigenvalue weighted by Crippen LogP contribution is -2.51. The van der Waals surface area contributed by atoms with Crippen LogP contribution in [0.15, 0.2) is 0 Å². The van der Waals surface area contributed by atoms with Gasteiger partial charge in [0.05, 0.1) is 7.11 Å². The molecule has 1 aromatic heterocycles. The monoisotopic (exact) mass is 315 g/mol. The molecule has 3 rings (SSSR count). The van der Waals surface area contributed by atoms with E-state index in [0.717, 1.165) is 18.1 Å². The van der Waals surface area contributed by atoms with Crippen molar-refractivity contribution in [2.45, 2.75) is 18.9 Å². The van der Waals surface area contributed by atoms with E-state index in [4.69, 9.17) is 11.6 Å². The number of piperazine rings is 1. The second-order valence-corrected chi connectivity index (χ2v) is 6.17. The summed E-state index contributed by atoms with van der Waals surface area (Å²) in [6.07, 6.45) is 1.52. The summed E-state index contributed by atoms with van der Waals surface area (Å²) in [5, 5.41) is 0.899. The molecule has 6 nitrogen and oxygen atoms in total. The molecular formula is C12H14ClN3O3S. The lowest BCUT2D eigenvalue weighted by molar-refractivity contribution is -0.129. The van der Waals surface area contributed by atoms with Crippen molar-refractivity contribution >= 4 is 39.9 Å². The van der Waals surface area contributed by atoms with Crippen LogP contribution in [0.25, 0.3) is 0 Å². The maximum absolute atomic E-state index is 11.7. The van der Waals surface area contributed by atoms with Crippen LogP contribution < -0.4 is 4.90 Å². The highest BCUT2D eigenvalue weighted by atomic mass is 35.5. The number of methoxy groups -OCH3 is 1. The number of aromatic nitrogens is 1. The van der Waals surface area contributed by atoms with Gasteiger partial charge in [0.2, 0.25) is 5.91 Å². The molecule has 20 heavy (non-hydrogen) atoms. The quantitative estimate of drug-likeness (QED) is 0.772. The van der Waals surface area contributed by atoms with Gasteiger partial charge >= 0.3 is 5.97 Å². The first kappa shape index (κ1) is 13.6. The highest BCUT2D eigenvalue weighted by Crippen LogP contribution is 2.33. The van der Waals surface area contributed by atoms with Gasteiger partial charge in [0.25, 0.3) is 0 Å². The third-order valence-corrected chi connectivity index (χ3v) is 5.19. The molecule has 0 bridgehead atoms. The topological polar surface area (TPSA) is 62.7 Å². The Bertz CT molecular complexity index is 562. The molecule has 0 spiro atoms. The molecule has 108 valence electrons. The van der Waals surface area contributed by atoms with Crippen molar-refractivity contribution in [1.29, 1.82) is 0 Å². The number of rotatable bonds is 2. The van der Waals surface area contributed by atoms with E-state index < -0.39 is 5.97 Å². The van der Waals surface area contributed by atoms with Crippen LogP contribution in [0, 0.1) is 0 Å². The van der Waals surface area contributed by atoms with Crippen molar-refractivity contribution < 1.29 is 14.3 Å². The van der Waals surface area contributed by atoms with Gasteiger partial charge in [-0.05, 0) is 6.42 Å². The number of anilines is 1. The summed E-state index contributed by atoms with van der Waals surface area (Å²) in [4.78, 5) is 31.8. The Kier molecular flexibility index (Phi) is 3.55. The van der Waals surface area contributed by atoms with Gasteiger partial charge in [-0.2, -0.15) is 0 Å². The Labute approximate surface area is 125 Å². The van der Waals surface area contributed by atoms with Crippen molar-refractivity contribution in [1.82, 2.24) is 9.88 Å². The normalized spacial score (nSPS) is 22.1. The standard InChI is InChI=1S/C12H14ClN3O3S/c1-19-11(18)9-10(13)14-12(20-9)15-4-5-16-7(6-15)2-3-8(16)17/h7H,2-6H2,1H3. The van der Waals surface area contributed by atoms with Gasteiger partial charge in [-0.3, -0.25) is 4.79 Å². The van der Waals surface area contributed by atoms with Crippen LogP contribution >= 0.6 is 22.9 Å². The second kappa shape index (κ2) is 5.21. The van der Waals surface area contributed by atoms with Crippen LogP contribution in [-0.4, -0.2) is 54.5 Å². The lowest BCUT2D eigenvalue weighted by Gasteiger charge is -2.37. The minimum atomic E-state index is -0.464. The predicted octanol–water partition coefficient (Wildman–Crippen LogP) is 1.39. The van der Waals surface area contributed by atoms with Gasteiger partial charge in [-0.15, -0.1) is 0 Å². The lowest BCUT2D eigenvalue weighted by atomic mass is 10.2. The summed E-state index contributed by atoms with van der Waals surface area (Å²) in [6, 6.07) is 0.250. The van der Waals surface area contributed by atoms with Crippen LogP contribution in [0.1, 0.15) is 22.5 Å². The molecule has 3 heterocycles. The number of carbonyl (C=O) groups is 2. The summed E-state index contributed by atoms with van der Waals surface area (Å²) in [5.41, 5.74) is 0. The highest BCUT2D eigenvalue weighted by Gasteiger charge is 2.36. The fourth-order valence-corrected chi connectivity index (χ4v) is 3.92. The third kappa shape index (κ3) is 2.25. The van der Waals surface area contributed by atoms with Crippen LogP contribution in [0.5, 0.6) is 0 Å². The van der Waals surface area contributed by atoms with Gasteiger partial charge in [0.15, 0.2) is 15.2 Å². The molecule has 8 heteroatoms. The molecule has 0 radical (unpaired) electrons. The first-order valence-electron chi connectivity index (χ1n) is 6.39. The maximum Gasteiger partial charge on any atom is 0.351 e. The van der Waals surface area contributed by atoms with E-state index in [0.29, 0.717) is 24.4 Å². The number of halogens is 1. The third-order valence-electron chi connectivity index (χ3n) is 3.71. The molecule has 2 saturated heterocycles. The second-order valence-electron chi connectivity index (χ2n) is 4.83. The Morgan fingerprint density at radius 1 is 1.50 bits per heavy atom. The van der Waals surface area contributed by atoms with Crippen molar-refractivity contribution in [2.24, 2.45) is 0 Å². The zero-order valence-electron chi connectivity index (χ0n) is 11.0. The van der Waals surface area contributed by atoms with Gasteiger partial charge in [-0.1, -0.05) is 22.9 Å². The van der Waals surface area contributed by atoms with Crippen LogP contribution in [0.2, 0.25) is 5.15 Å². The van der Waals surface area contributed by atoms with Gasteiger partial charge in [0.1, 0.15) is 0 Å². The molecule has 2 fully saturated rings. The average molecular weight is 316 g/mol. The summed E-state index contributed by atoms with van der Waals surface area (Å²) in [6.45, 7) is 2.16. The number of thiazole rings is 1. The van der Waals surface area contributed by atoms with Crippen LogP contribution in [-0.2, 0) is 9.53 Å². The number of nitrogens with zero attached hydrogens (tertiary/aromatic N) is 3. The molecule has 1 amide bonds. The average Bonchev–Trinajstić information content (AvgIpc) is 3.02. The summed E-state index contributed by atoms with van der Waals surface area (Å²) >= 11 is 7.22. The SMILES string of the molecule is COC(=O)c1sc(N2CCN3C(=O)CCC3C2)nc1Cl. The molecule has 1 unspecified atom stereocenters. The maximum atomic E-state index is 11.7. The molecular weight excluding hydrogens is 302 g/mol. The fourth-order valence-electron chi connectivity index (χ4n) is 2.68. The van der Waals surface area contributed by atoms with E-state index in [2.05, 4.69) is 14.6 Å². The number of hydrogen-bond acceptors (Lipinski definition) is 6. The highest BCUT2D eigenvalue weighted by molar-refractivity contribution is 7.18. The van der Waals surface area contributed by atoms with Gasteiger partial charge < -0.3 is 14.5 Å². The number of hydrogen-bond donors (Lipinski definition) is 0. The Balaban J connectivity index is 1.77. The number of ether oxygens (including phenoxy) is 1. The van der Waals surface area contributed by atoms with Crippen molar-refractivity contribution in [3.8, 4) is 0 Å². The molecule has 1 aromatic rings. The zero-order chi connectivity index (χ0) is 14.3. The number of fused-ring (bicyclic) bond motifs is 1. The number of amides is 1. The summed E-state index contributed by atoms with van der Waals surface area (Å²) in [5.74, 6) is -0.226. The van der Waals surface area contributed by atoms with E-state index in [1.165, 1.54) is 18.4 Å². The summed E-state index contributed by atoms with van der Waals surface area (Å²) < 4.78 is 4.68. The molecule has 1 atom stereocenters. The predicted molar refractivity (Wildman–Crippen MR) is 75.4 cm³/mol. The fraction of sp³-hybridized carbons (Fsp3) is 0.583. The zero-order valence-corrected chi connectivity index (χ0v) is 12.5. The van der Waals surface area contributed by atoms with E-state index in [1.54, 1.807) is 0 Å². The van der Waals surface area contributed by atoms with Crippen molar-refractivity contribution in [3.05, 3.63) is 10.0 Å². The Hall–Kier alpha value is -1.34. The molecule has 0 aromatic carbocycles. The Morgan fingerprint density at radius 3 is 3.05 bits per heavy atom. The van der Waals surface area contributed by atoms with Crippen molar-refractivity contribution in [2.75, 3.05) is 31.6 Å². The first-order valence-corrected chi connectivity index (χ1v) is 7.58. The van der Waals surface area contributed by atoms with E-state index in [1.807, 2.05) is 4.90 Å². The first-order chi connectivity index (χ1) is 9.60. The molecule has 2 aliphatic rings. The minimum Gasteiger partial charge on any atom is -0.465 e. The van der Waals surface area contributed by atoms with Crippen LogP contribution in [0.4, 0.5) is 5.13 Å². The molecule has 0 saturated carbocycles. The summed E-state index contributed by atoms with van der Waals surface area (Å²) in [7, 11) is 1.32. The Morgan fingerprint density at radius 2 is 2.30 bits per heavy atom. The van der Waals surface area contributed by atoms with Crippen molar-refractivity contribution in [3.63, 3.8) is 0 Å². The number of carbonyl (C=O) groups excluding carboxylic acids is 2. The number of esters is 1. The van der Waals surface area contributed by atoms with Gasteiger partial charge in [-0.25, -0.2) is 9.78 Å². The molecule has 2 aliphatic heterocycles. The largest absolute Gasteiger partial charge is 0.465 e. The smallest absolute Gasteiger partial charge is 0.351 e. The van der Waals surface area contributed by atoms with E-state index in [-0.39, 0.29) is 17.1 Å². The van der Waals surface area contributed by atoms with E-state index in [9.17, 15) is 9.59 Å². The van der Waals surface area contributed by atoms with Gasteiger partial charge in [0, 0.05) is 32.1 Å². The van der Waals surface area contributed by atoms with Crippen LogP contribution in [0.3, 0.4) is 0 Å².